The molecule has 0 aliphatic carbocycles. The first-order valence-electron chi connectivity index (χ1n) is 20.7. The van der Waals surface area contributed by atoms with Crippen molar-refractivity contribution >= 4 is 45.8 Å². The first kappa shape index (κ1) is 42.0. The van der Waals surface area contributed by atoms with Gasteiger partial charge in [-0.3, -0.25) is 9.59 Å². The lowest BCUT2D eigenvalue weighted by atomic mass is 9.92. The zero-order chi connectivity index (χ0) is 43.0. The fourth-order valence-electron chi connectivity index (χ4n) is 8.47. The SMILES string of the molecule is COC(=O)N[C@H](C(=O)N(Cc1nc2ccc3cc4c(cc3c2[nH]1)OCc1cc(-c2cnc([C@@H]3CC[C@H](C)N3C(=O)[C@@H](NC(=O)OC)C(C)C)[nH]2)ccc1-4)CC(C)C)C(C)C. The van der Waals surface area contributed by atoms with Gasteiger partial charge >= 0.3 is 12.2 Å². The van der Waals surface area contributed by atoms with E-state index in [1.807, 2.05) is 65.6 Å². The monoisotopic (exact) mass is 820 g/mol. The average molecular weight is 821 g/mol. The van der Waals surface area contributed by atoms with Crippen molar-refractivity contribution in [1.82, 2.24) is 40.4 Å². The Morgan fingerprint density at radius 1 is 0.900 bits per heavy atom. The fourth-order valence-corrected chi connectivity index (χ4v) is 8.47. The summed E-state index contributed by atoms with van der Waals surface area (Å²) in [6, 6.07) is 12.8. The van der Waals surface area contributed by atoms with E-state index in [9.17, 15) is 19.2 Å². The second-order valence-electron chi connectivity index (χ2n) is 17.1. The summed E-state index contributed by atoms with van der Waals surface area (Å²) in [4.78, 5) is 72.1. The number of amides is 4. The Bertz CT molecular complexity index is 2420. The summed E-state index contributed by atoms with van der Waals surface area (Å²) in [5.41, 5.74) is 6.52. The van der Waals surface area contributed by atoms with Crippen LogP contribution in [0.4, 0.5) is 9.59 Å². The minimum absolute atomic E-state index is 0.0169. The van der Waals surface area contributed by atoms with Crippen LogP contribution in [0.25, 0.3) is 44.2 Å². The Labute approximate surface area is 349 Å². The standard InChI is InChI=1S/C45H56N8O7/c1-23(2)20-52(42(54)38(24(3)4)50-44(56)58-8)21-37-47-33-14-12-27-17-32-30-13-11-28(16-29(30)22-60-36(32)18-31(27)40(33)49-37)34-19-46-41(48-34)35-15-10-26(7)53(35)43(55)39(25(5)6)51-45(57)59-9/h11-14,16-19,23-26,35,38-39H,10,15,20-22H2,1-9H3,(H,46,48)(H,47,49)(H,50,56)(H,51,57)/t26-,35-,38-,39-/m0/s1. The van der Waals surface area contributed by atoms with E-state index >= 15 is 0 Å². The Morgan fingerprint density at radius 2 is 1.62 bits per heavy atom. The summed E-state index contributed by atoms with van der Waals surface area (Å²) >= 11 is 0. The van der Waals surface area contributed by atoms with E-state index in [4.69, 9.17) is 24.2 Å². The molecule has 0 saturated carbocycles. The molecule has 2 aliphatic rings. The molecule has 0 radical (unpaired) electrons. The molecule has 318 valence electrons. The van der Waals surface area contributed by atoms with Gasteiger partial charge in [-0.15, -0.1) is 0 Å². The van der Waals surface area contributed by atoms with Crippen LogP contribution in [-0.4, -0.2) is 92.6 Å². The van der Waals surface area contributed by atoms with Gasteiger partial charge in [0.25, 0.3) is 0 Å². The van der Waals surface area contributed by atoms with Gasteiger partial charge < -0.3 is 44.6 Å². The van der Waals surface area contributed by atoms with Crippen molar-refractivity contribution in [3.8, 4) is 28.1 Å². The molecule has 4 N–H and O–H groups in total. The number of hydrogen-bond acceptors (Lipinski definition) is 9. The molecule has 3 aromatic carbocycles. The van der Waals surface area contributed by atoms with Gasteiger partial charge in [0.1, 0.15) is 36.1 Å². The molecule has 2 aliphatic heterocycles. The van der Waals surface area contributed by atoms with Crippen LogP contribution in [0.15, 0.2) is 48.7 Å². The summed E-state index contributed by atoms with van der Waals surface area (Å²) in [5, 5.41) is 7.40. The summed E-state index contributed by atoms with van der Waals surface area (Å²) < 4.78 is 16.0. The highest BCUT2D eigenvalue weighted by molar-refractivity contribution is 6.07. The second kappa shape index (κ2) is 17.2. The molecule has 7 rings (SSSR count). The van der Waals surface area contributed by atoms with Crippen LogP contribution in [0.3, 0.4) is 0 Å². The smallest absolute Gasteiger partial charge is 0.407 e. The molecule has 0 unspecified atom stereocenters. The summed E-state index contributed by atoms with van der Waals surface area (Å²) in [7, 11) is 2.58. The number of aromatic nitrogens is 4. The average Bonchev–Trinajstić information content (AvgIpc) is 3.98. The van der Waals surface area contributed by atoms with E-state index in [1.165, 1.54) is 14.2 Å². The lowest BCUT2D eigenvalue weighted by molar-refractivity contribution is -0.137. The van der Waals surface area contributed by atoms with Crippen LogP contribution in [0.2, 0.25) is 0 Å². The maximum Gasteiger partial charge on any atom is 0.407 e. The number of benzene rings is 3. The molecular formula is C45H56N8O7. The molecule has 2 aromatic heterocycles. The van der Waals surface area contributed by atoms with Crippen molar-refractivity contribution in [2.75, 3.05) is 20.8 Å². The van der Waals surface area contributed by atoms with Crippen LogP contribution in [-0.2, 0) is 32.2 Å². The molecular weight excluding hydrogens is 765 g/mol. The molecule has 5 aromatic rings. The Hall–Kier alpha value is -6.12. The molecule has 0 spiro atoms. The largest absolute Gasteiger partial charge is 0.488 e. The quantitative estimate of drug-likeness (QED) is 0.0992. The molecule has 1 saturated heterocycles. The molecule has 4 atom stereocenters. The number of alkyl carbamates (subject to hydrolysis) is 2. The Kier molecular flexibility index (Phi) is 12.1. The van der Waals surface area contributed by atoms with Gasteiger partial charge in [-0.05, 0) is 83.9 Å². The topological polar surface area (TPSA) is 184 Å². The number of likely N-dealkylation sites (tertiary alicyclic amines) is 1. The zero-order valence-corrected chi connectivity index (χ0v) is 35.8. The second-order valence-corrected chi connectivity index (χ2v) is 17.1. The van der Waals surface area contributed by atoms with Crippen molar-refractivity contribution < 1.29 is 33.4 Å². The van der Waals surface area contributed by atoms with Crippen LogP contribution >= 0.6 is 0 Å². The Balaban J connectivity index is 1.13. The number of fused-ring (bicyclic) bond motifs is 6. The predicted octanol–water partition coefficient (Wildman–Crippen LogP) is 7.46. The van der Waals surface area contributed by atoms with Crippen LogP contribution in [0.5, 0.6) is 5.75 Å². The summed E-state index contributed by atoms with van der Waals surface area (Å²) in [6.45, 7) is 14.8. The molecule has 60 heavy (non-hydrogen) atoms. The van der Waals surface area contributed by atoms with Gasteiger partial charge in [-0.1, -0.05) is 59.7 Å². The number of hydrogen-bond donors (Lipinski definition) is 4. The van der Waals surface area contributed by atoms with Crippen molar-refractivity contribution in [2.45, 2.75) is 98.6 Å². The number of methoxy groups -OCH3 is 2. The van der Waals surface area contributed by atoms with Crippen LogP contribution < -0.4 is 15.4 Å². The van der Waals surface area contributed by atoms with Gasteiger partial charge in [-0.2, -0.15) is 0 Å². The third-order valence-corrected chi connectivity index (χ3v) is 11.6. The fraction of sp³-hybridized carbons (Fsp3) is 0.467. The third-order valence-electron chi connectivity index (χ3n) is 11.6. The lowest BCUT2D eigenvalue weighted by Crippen LogP contribution is -2.52. The van der Waals surface area contributed by atoms with E-state index in [1.54, 1.807) is 4.90 Å². The minimum Gasteiger partial charge on any atom is -0.488 e. The third kappa shape index (κ3) is 8.34. The first-order valence-corrected chi connectivity index (χ1v) is 20.7. The normalized spacial score (nSPS) is 17.0. The molecule has 1 fully saturated rings. The Morgan fingerprint density at radius 3 is 2.30 bits per heavy atom. The summed E-state index contributed by atoms with van der Waals surface area (Å²) in [5.74, 6) is 1.68. The molecule has 15 heteroatoms. The van der Waals surface area contributed by atoms with Gasteiger partial charge in [-0.25, -0.2) is 19.6 Å². The van der Waals surface area contributed by atoms with Crippen LogP contribution in [0, 0.1) is 17.8 Å². The lowest BCUT2D eigenvalue weighted by Gasteiger charge is -2.32. The van der Waals surface area contributed by atoms with Crippen molar-refractivity contribution in [2.24, 2.45) is 17.8 Å². The van der Waals surface area contributed by atoms with E-state index in [-0.39, 0.29) is 48.2 Å². The molecule has 4 heterocycles. The maximum atomic E-state index is 13.9. The molecule has 4 amide bonds. The van der Waals surface area contributed by atoms with E-state index < -0.39 is 24.3 Å². The number of ether oxygens (including phenoxy) is 3. The first-order chi connectivity index (χ1) is 28.7. The number of imidazole rings is 2. The number of nitrogens with one attached hydrogen (secondary N) is 4. The highest BCUT2D eigenvalue weighted by Gasteiger charge is 2.41. The van der Waals surface area contributed by atoms with E-state index in [0.717, 1.165) is 68.3 Å². The number of rotatable bonds is 12. The highest BCUT2D eigenvalue weighted by Crippen LogP contribution is 2.43. The minimum atomic E-state index is -0.744. The van der Waals surface area contributed by atoms with Crippen LogP contribution in [0.1, 0.15) is 84.6 Å². The van der Waals surface area contributed by atoms with Gasteiger partial charge in [0.15, 0.2) is 0 Å². The van der Waals surface area contributed by atoms with Crippen molar-refractivity contribution in [3.63, 3.8) is 0 Å². The van der Waals surface area contributed by atoms with Gasteiger partial charge in [0, 0.05) is 23.5 Å². The number of carbonyl (C=O) groups is 4. The molecule has 0 bridgehead atoms. The highest BCUT2D eigenvalue weighted by atomic mass is 16.5. The number of aromatic amines is 2. The van der Waals surface area contributed by atoms with Gasteiger partial charge in [0.05, 0.1) is 49.7 Å². The number of H-pyrrole nitrogens is 2. The molecule has 15 nitrogen and oxygen atoms in total. The summed E-state index contributed by atoms with van der Waals surface area (Å²) in [6.07, 6.45) is 2.10. The maximum absolute atomic E-state index is 13.9. The number of carbonyl (C=O) groups excluding carboxylic acids is 4. The van der Waals surface area contributed by atoms with Gasteiger partial charge in [0.2, 0.25) is 11.8 Å². The van der Waals surface area contributed by atoms with E-state index in [0.29, 0.717) is 24.8 Å². The van der Waals surface area contributed by atoms with Crippen molar-refractivity contribution in [3.05, 3.63) is 65.9 Å². The number of nitrogens with zero attached hydrogens (tertiary/aromatic N) is 4. The predicted molar refractivity (Wildman–Crippen MR) is 228 cm³/mol. The van der Waals surface area contributed by atoms with E-state index in [2.05, 4.69) is 57.0 Å². The van der Waals surface area contributed by atoms with Crippen molar-refractivity contribution in [1.29, 1.82) is 0 Å². The zero-order valence-electron chi connectivity index (χ0n) is 35.8.